The van der Waals surface area contributed by atoms with Crippen molar-refractivity contribution in [3.8, 4) is 5.75 Å². The summed E-state index contributed by atoms with van der Waals surface area (Å²) in [4.78, 5) is 41.8. The number of ether oxygens (including phenoxy) is 1. The van der Waals surface area contributed by atoms with Gasteiger partial charge in [0, 0.05) is 12.6 Å². The minimum absolute atomic E-state index is 0.121. The van der Waals surface area contributed by atoms with E-state index in [-0.39, 0.29) is 18.5 Å². The number of fused-ring (bicyclic) bond motifs is 1. The summed E-state index contributed by atoms with van der Waals surface area (Å²) in [6, 6.07) is 6.78. The number of urea groups is 1. The molecule has 1 saturated carbocycles. The number of imide groups is 1. The van der Waals surface area contributed by atoms with E-state index >= 15 is 0 Å². The fourth-order valence-electron chi connectivity index (χ4n) is 5.12. The summed E-state index contributed by atoms with van der Waals surface area (Å²) in [5.74, 6) is 0.727. The molecule has 1 N–H and O–H groups in total. The molecule has 0 spiro atoms. The summed E-state index contributed by atoms with van der Waals surface area (Å²) in [7, 11) is 1.57. The van der Waals surface area contributed by atoms with Gasteiger partial charge in [0.05, 0.1) is 7.11 Å². The van der Waals surface area contributed by atoms with Crippen LogP contribution in [0.4, 0.5) is 4.79 Å². The van der Waals surface area contributed by atoms with Gasteiger partial charge in [0.15, 0.2) is 0 Å². The van der Waals surface area contributed by atoms with Crippen LogP contribution in [0.25, 0.3) is 0 Å². The molecule has 2 aliphatic heterocycles. The second-order valence-corrected chi connectivity index (χ2v) is 8.52. The van der Waals surface area contributed by atoms with Crippen LogP contribution >= 0.6 is 0 Å². The number of likely N-dealkylation sites (tertiary alicyclic amines) is 1. The molecule has 1 aromatic carbocycles. The Morgan fingerprint density at radius 3 is 2.55 bits per heavy atom. The number of amides is 4. The Balaban J connectivity index is 1.49. The lowest BCUT2D eigenvalue weighted by atomic mass is 9.78. The third-order valence-electron chi connectivity index (χ3n) is 6.80. The smallest absolute Gasteiger partial charge is 0.325 e. The molecule has 0 radical (unpaired) electrons. The molecule has 0 aromatic heterocycles. The molecule has 2 heterocycles. The minimum Gasteiger partial charge on any atom is -0.497 e. The van der Waals surface area contributed by atoms with Crippen LogP contribution in [-0.2, 0) is 15.1 Å². The summed E-state index contributed by atoms with van der Waals surface area (Å²) in [6.45, 7) is 2.20. The molecule has 3 fully saturated rings. The fourth-order valence-corrected chi connectivity index (χ4v) is 5.12. The lowest BCUT2D eigenvalue weighted by molar-refractivity contribution is -0.142. The van der Waals surface area contributed by atoms with E-state index in [0.717, 1.165) is 30.7 Å². The number of benzene rings is 1. The van der Waals surface area contributed by atoms with Gasteiger partial charge >= 0.3 is 6.03 Å². The molecule has 7 nitrogen and oxygen atoms in total. The number of methoxy groups -OCH3 is 1. The molecule has 3 aliphatic rings. The van der Waals surface area contributed by atoms with E-state index in [4.69, 9.17) is 4.74 Å². The number of hydrogen-bond acceptors (Lipinski definition) is 4. The molecule has 4 amide bonds. The predicted octanol–water partition coefficient (Wildman–Crippen LogP) is 2.64. The Bertz CT molecular complexity index is 807. The van der Waals surface area contributed by atoms with Gasteiger partial charge in [-0.2, -0.15) is 0 Å². The van der Waals surface area contributed by atoms with Gasteiger partial charge in [-0.15, -0.1) is 0 Å². The molecule has 3 atom stereocenters. The van der Waals surface area contributed by atoms with Crippen LogP contribution in [0.15, 0.2) is 24.3 Å². The Hall–Kier alpha value is -2.57. The van der Waals surface area contributed by atoms with Gasteiger partial charge in [-0.3, -0.25) is 14.5 Å². The highest BCUT2D eigenvalue weighted by Crippen LogP contribution is 2.36. The normalized spacial score (nSPS) is 29.4. The van der Waals surface area contributed by atoms with Crippen molar-refractivity contribution >= 4 is 17.8 Å². The maximum Gasteiger partial charge on any atom is 0.325 e. The fraction of sp³-hybridized carbons (Fsp3) is 0.591. The quantitative estimate of drug-likeness (QED) is 0.790. The van der Waals surface area contributed by atoms with E-state index < -0.39 is 17.5 Å². The summed E-state index contributed by atoms with van der Waals surface area (Å²) in [5, 5.41) is 2.77. The minimum atomic E-state index is -1.18. The van der Waals surface area contributed by atoms with Crippen molar-refractivity contribution < 1.29 is 19.1 Å². The molecule has 4 rings (SSSR count). The third kappa shape index (κ3) is 3.47. The van der Waals surface area contributed by atoms with Gasteiger partial charge in [0.25, 0.3) is 5.91 Å². The van der Waals surface area contributed by atoms with Crippen molar-refractivity contribution in [2.24, 2.45) is 5.92 Å². The van der Waals surface area contributed by atoms with Gasteiger partial charge in [-0.1, -0.05) is 25.0 Å². The predicted molar refractivity (Wildman–Crippen MR) is 107 cm³/mol. The van der Waals surface area contributed by atoms with Crippen molar-refractivity contribution in [1.29, 1.82) is 0 Å². The lowest BCUT2D eigenvalue weighted by Crippen LogP contribution is -2.53. The van der Waals surface area contributed by atoms with Crippen molar-refractivity contribution in [3.63, 3.8) is 0 Å². The zero-order valence-corrected chi connectivity index (χ0v) is 17.1. The average Bonchev–Trinajstić information content (AvgIpc) is 2.97. The van der Waals surface area contributed by atoms with Gasteiger partial charge in [0.2, 0.25) is 5.91 Å². The van der Waals surface area contributed by atoms with E-state index in [1.54, 1.807) is 38.3 Å². The SMILES string of the molecule is COc1ccc([C@]2(C)NC(=O)N(CC(=O)N3CCC[C@@H]4CCCC[C@@H]43)C2=O)cc1. The highest BCUT2D eigenvalue weighted by atomic mass is 16.5. The first kappa shape index (κ1) is 19.7. The van der Waals surface area contributed by atoms with E-state index in [1.165, 1.54) is 19.3 Å². The molecule has 29 heavy (non-hydrogen) atoms. The van der Waals surface area contributed by atoms with E-state index in [9.17, 15) is 14.4 Å². The Morgan fingerprint density at radius 1 is 1.14 bits per heavy atom. The summed E-state index contributed by atoms with van der Waals surface area (Å²) in [5.41, 5.74) is -0.518. The van der Waals surface area contributed by atoms with E-state index in [0.29, 0.717) is 17.2 Å². The summed E-state index contributed by atoms with van der Waals surface area (Å²) < 4.78 is 5.16. The number of piperidine rings is 1. The largest absolute Gasteiger partial charge is 0.497 e. The Kier molecular flexibility index (Phi) is 5.23. The van der Waals surface area contributed by atoms with Gasteiger partial charge < -0.3 is 15.0 Å². The summed E-state index contributed by atoms with van der Waals surface area (Å²) in [6.07, 6.45) is 6.75. The lowest BCUT2D eigenvalue weighted by Gasteiger charge is -2.44. The molecule has 1 aromatic rings. The number of nitrogens with zero attached hydrogens (tertiary/aromatic N) is 2. The molecule has 7 heteroatoms. The topological polar surface area (TPSA) is 79.0 Å². The molecular weight excluding hydrogens is 370 g/mol. The average molecular weight is 399 g/mol. The standard InChI is InChI=1S/C22H29N3O4/c1-22(16-9-11-17(29-2)12-10-16)20(27)25(21(28)23-22)14-19(26)24-13-5-7-15-6-3-4-8-18(15)24/h9-12,15,18H,3-8,13-14H2,1-2H3,(H,23,28)/t15-,18-,22-/m0/s1. The van der Waals surface area contributed by atoms with Crippen LogP contribution in [-0.4, -0.2) is 53.9 Å². The molecular formula is C22H29N3O4. The molecule has 1 aliphatic carbocycles. The number of hydrogen-bond donors (Lipinski definition) is 1. The van der Waals surface area contributed by atoms with Crippen LogP contribution in [0.1, 0.15) is 51.0 Å². The van der Waals surface area contributed by atoms with Gasteiger partial charge in [-0.05, 0) is 56.2 Å². The number of nitrogens with one attached hydrogen (secondary N) is 1. The van der Waals surface area contributed by atoms with Crippen LogP contribution in [0.2, 0.25) is 0 Å². The Morgan fingerprint density at radius 2 is 1.83 bits per heavy atom. The number of carbonyl (C=O) groups excluding carboxylic acids is 3. The monoisotopic (exact) mass is 399 g/mol. The van der Waals surface area contributed by atoms with E-state index in [2.05, 4.69) is 5.32 Å². The maximum atomic E-state index is 13.1. The molecule has 0 unspecified atom stereocenters. The summed E-state index contributed by atoms with van der Waals surface area (Å²) >= 11 is 0. The molecule has 0 bridgehead atoms. The molecule has 156 valence electrons. The van der Waals surface area contributed by atoms with Crippen LogP contribution in [0.5, 0.6) is 5.75 Å². The zero-order chi connectivity index (χ0) is 20.6. The first-order valence-electron chi connectivity index (χ1n) is 10.5. The number of rotatable bonds is 4. The van der Waals surface area contributed by atoms with Crippen molar-refractivity contribution in [2.75, 3.05) is 20.2 Å². The first-order valence-corrected chi connectivity index (χ1v) is 10.5. The van der Waals surface area contributed by atoms with Crippen LogP contribution in [0, 0.1) is 5.92 Å². The molecule has 2 saturated heterocycles. The second kappa shape index (κ2) is 7.69. The third-order valence-corrected chi connectivity index (χ3v) is 6.80. The van der Waals surface area contributed by atoms with E-state index in [1.807, 2.05) is 4.90 Å². The second-order valence-electron chi connectivity index (χ2n) is 8.52. The van der Waals surface area contributed by atoms with Crippen molar-refractivity contribution in [1.82, 2.24) is 15.1 Å². The highest BCUT2D eigenvalue weighted by Gasteiger charge is 2.50. The maximum absolute atomic E-state index is 13.1. The van der Waals surface area contributed by atoms with Crippen molar-refractivity contribution in [2.45, 2.75) is 57.0 Å². The first-order chi connectivity index (χ1) is 13.9. The van der Waals surface area contributed by atoms with Gasteiger partial charge in [0.1, 0.15) is 17.8 Å². The number of carbonyl (C=O) groups is 3. The van der Waals surface area contributed by atoms with Gasteiger partial charge in [-0.25, -0.2) is 4.79 Å². The van der Waals surface area contributed by atoms with Crippen LogP contribution in [0.3, 0.4) is 0 Å². The Labute approximate surface area is 171 Å². The zero-order valence-electron chi connectivity index (χ0n) is 17.1. The highest BCUT2D eigenvalue weighted by molar-refractivity contribution is 6.09. The van der Waals surface area contributed by atoms with Crippen molar-refractivity contribution in [3.05, 3.63) is 29.8 Å². The van der Waals surface area contributed by atoms with Crippen LogP contribution < -0.4 is 10.1 Å².